The van der Waals surface area contributed by atoms with Crippen molar-refractivity contribution in [2.75, 3.05) is 13.2 Å². The molecule has 2 rings (SSSR count). The van der Waals surface area contributed by atoms with Gasteiger partial charge in [-0.3, -0.25) is 0 Å². The Bertz CT molecular complexity index is 391. The van der Waals surface area contributed by atoms with E-state index in [0.29, 0.717) is 13.2 Å². The molecule has 1 aliphatic heterocycles. The highest BCUT2D eigenvalue weighted by Gasteiger charge is 2.09. The number of rotatable bonds is 3. The molecule has 15 heavy (non-hydrogen) atoms. The molecule has 0 aliphatic carbocycles. The first-order valence-corrected chi connectivity index (χ1v) is 5.11. The fourth-order valence-electron chi connectivity index (χ4n) is 1.58. The van der Waals surface area contributed by atoms with Crippen LogP contribution in [0.2, 0.25) is 0 Å². The maximum absolute atomic E-state index is 5.57. The van der Waals surface area contributed by atoms with E-state index in [9.17, 15) is 0 Å². The summed E-state index contributed by atoms with van der Waals surface area (Å²) in [6.45, 7) is 3.28. The number of allylic oxidation sites excluding steroid dienone is 2. The van der Waals surface area contributed by atoms with Crippen LogP contribution < -0.4 is 4.74 Å². The van der Waals surface area contributed by atoms with Crippen molar-refractivity contribution in [3.63, 3.8) is 0 Å². The van der Waals surface area contributed by atoms with Gasteiger partial charge in [-0.25, -0.2) is 0 Å². The molecule has 0 N–H and O–H groups in total. The number of ether oxygens (including phenoxy) is 2. The normalized spacial score (nSPS) is 14.3. The van der Waals surface area contributed by atoms with Gasteiger partial charge in [-0.2, -0.15) is 0 Å². The molecule has 0 atom stereocenters. The predicted molar refractivity (Wildman–Crippen MR) is 60.7 cm³/mol. The summed E-state index contributed by atoms with van der Waals surface area (Å²) in [6, 6.07) is 8.03. The highest BCUT2D eigenvalue weighted by molar-refractivity contribution is 5.73. The summed E-state index contributed by atoms with van der Waals surface area (Å²) in [5.74, 6) is 0.921. The zero-order chi connectivity index (χ0) is 10.5. The third-order valence-electron chi connectivity index (χ3n) is 2.24. The van der Waals surface area contributed by atoms with Crippen molar-refractivity contribution >= 4 is 5.57 Å². The minimum absolute atomic E-state index is 0.612. The van der Waals surface area contributed by atoms with Gasteiger partial charge >= 0.3 is 0 Å². The van der Waals surface area contributed by atoms with Crippen LogP contribution in [0.4, 0.5) is 0 Å². The molecule has 0 fully saturated rings. The monoisotopic (exact) mass is 202 g/mol. The first-order valence-electron chi connectivity index (χ1n) is 5.11. The van der Waals surface area contributed by atoms with Crippen LogP contribution in [0, 0.1) is 0 Å². The molecule has 0 amide bonds. The lowest BCUT2D eigenvalue weighted by Crippen LogP contribution is -2.01. The third kappa shape index (κ3) is 2.21. The molecule has 0 unspecified atom stereocenters. The van der Waals surface area contributed by atoms with Crippen LogP contribution in [0.25, 0.3) is 5.57 Å². The molecule has 0 radical (unpaired) electrons. The van der Waals surface area contributed by atoms with Crippen LogP contribution in [-0.2, 0) is 4.74 Å². The summed E-state index contributed by atoms with van der Waals surface area (Å²) in [4.78, 5) is 0. The van der Waals surface area contributed by atoms with Crippen molar-refractivity contribution in [2.45, 2.75) is 6.92 Å². The zero-order valence-corrected chi connectivity index (χ0v) is 8.77. The lowest BCUT2D eigenvalue weighted by Gasteiger charge is -2.14. The van der Waals surface area contributed by atoms with Crippen molar-refractivity contribution < 1.29 is 9.47 Å². The zero-order valence-electron chi connectivity index (χ0n) is 8.77. The van der Waals surface area contributed by atoms with Crippen LogP contribution in [-0.4, -0.2) is 13.2 Å². The van der Waals surface area contributed by atoms with Gasteiger partial charge in [0.2, 0.25) is 0 Å². The van der Waals surface area contributed by atoms with Crippen LogP contribution >= 0.6 is 0 Å². The Morgan fingerprint density at radius 2 is 2.20 bits per heavy atom. The van der Waals surface area contributed by atoms with Gasteiger partial charge < -0.3 is 9.47 Å². The van der Waals surface area contributed by atoms with Gasteiger partial charge in [-0.05, 0) is 19.1 Å². The Morgan fingerprint density at radius 3 is 2.93 bits per heavy atom. The molecule has 78 valence electrons. The van der Waals surface area contributed by atoms with Crippen LogP contribution in [0.3, 0.4) is 0 Å². The van der Waals surface area contributed by atoms with E-state index in [1.54, 1.807) is 6.26 Å². The van der Waals surface area contributed by atoms with Gasteiger partial charge in [0.1, 0.15) is 12.4 Å². The molecule has 2 nitrogen and oxygen atoms in total. The molecule has 0 bridgehead atoms. The van der Waals surface area contributed by atoms with Crippen LogP contribution in [0.5, 0.6) is 5.75 Å². The highest BCUT2D eigenvalue weighted by Crippen LogP contribution is 2.27. The molecule has 1 aromatic rings. The summed E-state index contributed by atoms with van der Waals surface area (Å²) in [6.07, 6.45) is 5.66. The van der Waals surface area contributed by atoms with E-state index in [1.165, 1.54) is 0 Å². The van der Waals surface area contributed by atoms with Gasteiger partial charge in [-0.1, -0.05) is 24.3 Å². The summed E-state index contributed by atoms with van der Waals surface area (Å²) in [7, 11) is 0. The van der Waals surface area contributed by atoms with Gasteiger partial charge in [0, 0.05) is 11.1 Å². The molecule has 0 saturated carbocycles. The van der Waals surface area contributed by atoms with Gasteiger partial charge in [0.15, 0.2) is 0 Å². The van der Waals surface area contributed by atoms with Gasteiger partial charge in [0.25, 0.3) is 0 Å². The molecule has 0 aromatic heterocycles. The third-order valence-corrected chi connectivity index (χ3v) is 2.24. The Labute approximate surface area is 89.8 Å². The Morgan fingerprint density at radius 1 is 1.33 bits per heavy atom. The fourth-order valence-corrected chi connectivity index (χ4v) is 1.58. The molecule has 0 saturated heterocycles. The average molecular weight is 202 g/mol. The number of para-hydroxylation sites is 1. The number of hydrogen-bond donors (Lipinski definition) is 0. The molecule has 1 aliphatic rings. The lowest BCUT2D eigenvalue weighted by atomic mass is 10.0. The first-order chi connectivity index (χ1) is 7.42. The van der Waals surface area contributed by atoms with E-state index in [2.05, 4.69) is 12.1 Å². The summed E-state index contributed by atoms with van der Waals surface area (Å²) in [5.41, 5.74) is 2.27. The smallest absolute Gasteiger partial charge is 0.126 e. The van der Waals surface area contributed by atoms with Crippen molar-refractivity contribution in [3.8, 4) is 5.75 Å². The minimum atomic E-state index is 0.612. The van der Waals surface area contributed by atoms with E-state index in [-0.39, 0.29) is 0 Å². The van der Waals surface area contributed by atoms with E-state index in [1.807, 2.05) is 31.2 Å². The van der Waals surface area contributed by atoms with E-state index < -0.39 is 0 Å². The molecule has 0 spiro atoms. The first kappa shape index (κ1) is 9.84. The topological polar surface area (TPSA) is 18.5 Å². The Balaban J connectivity index is 2.33. The molecule has 2 heteroatoms. The van der Waals surface area contributed by atoms with Crippen molar-refractivity contribution in [2.24, 2.45) is 0 Å². The Kier molecular flexibility index (Phi) is 3.08. The van der Waals surface area contributed by atoms with E-state index in [0.717, 1.165) is 16.9 Å². The standard InChI is InChI=1S/C13H14O2/c1-2-15-13-8-4-3-7-12(13)11-6-5-9-14-10-11/h3-9H,2,10H2,1H3. The SMILES string of the molecule is CCOc1ccccc1C1=CC=COC1. The Hall–Kier alpha value is -1.70. The summed E-state index contributed by atoms with van der Waals surface area (Å²) < 4.78 is 10.8. The molecular formula is C13H14O2. The largest absolute Gasteiger partial charge is 0.496 e. The van der Waals surface area contributed by atoms with Crippen molar-refractivity contribution in [1.29, 1.82) is 0 Å². The minimum Gasteiger partial charge on any atom is -0.496 e. The lowest BCUT2D eigenvalue weighted by molar-refractivity contribution is 0.291. The predicted octanol–water partition coefficient (Wildman–Crippen LogP) is 3.01. The number of benzene rings is 1. The maximum atomic E-state index is 5.57. The second kappa shape index (κ2) is 4.69. The molecule has 1 heterocycles. The van der Waals surface area contributed by atoms with Gasteiger partial charge in [0.05, 0.1) is 12.9 Å². The van der Waals surface area contributed by atoms with Crippen molar-refractivity contribution in [1.82, 2.24) is 0 Å². The van der Waals surface area contributed by atoms with Crippen LogP contribution in [0.15, 0.2) is 42.7 Å². The summed E-state index contributed by atoms with van der Waals surface area (Å²) in [5, 5.41) is 0. The van der Waals surface area contributed by atoms with Gasteiger partial charge in [-0.15, -0.1) is 0 Å². The fraction of sp³-hybridized carbons (Fsp3) is 0.231. The van der Waals surface area contributed by atoms with Crippen LogP contribution in [0.1, 0.15) is 12.5 Å². The number of hydrogen-bond acceptors (Lipinski definition) is 2. The molecule has 1 aromatic carbocycles. The quantitative estimate of drug-likeness (QED) is 0.750. The molecular weight excluding hydrogens is 188 g/mol. The maximum Gasteiger partial charge on any atom is 0.126 e. The summed E-state index contributed by atoms with van der Waals surface area (Å²) >= 11 is 0. The second-order valence-electron chi connectivity index (χ2n) is 3.26. The highest BCUT2D eigenvalue weighted by atomic mass is 16.5. The average Bonchev–Trinajstić information content (AvgIpc) is 2.31. The second-order valence-corrected chi connectivity index (χ2v) is 3.26. The van der Waals surface area contributed by atoms with Crippen molar-refractivity contribution in [3.05, 3.63) is 48.2 Å². The van der Waals surface area contributed by atoms with E-state index in [4.69, 9.17) is 9.47 Å². The van der Waals surface area contributed by atoms with E-state index >= 15 is 0 Å².